The number of unbranched alkanes of at least 4 members (excludes halogenated alkanes) is 3. The van der Waals surface area contributed by atoms with Crippen LogP contribution in [0.5, 0.6) is 5.75 Å². The minimum atomic E-state index is -0.854. The first kappa shape index (κ1) is 26.0. The van der Waals surface area contributed by atoms with Gasteiger partial charge in [0.25, 0.3) is 0 Å². The first-order valence-corrected chi connectivity index (χ1v) is 12.5. The van der Waals surface area contributed by atoms with E-state index in [1.807, 2.05) is 39.8 Å². The normalized spacial score (nSPS) is 13.8. The largest absolute Gasteiger partial charge is 0.505 e. The third-order valence-corrected chi connectivity index (χ3v) is 6.93. The number of carbonyl (C=O) groups is 1. The van der Waals surface area contributed by atoms with E-state index in [4.69, 9.17) is 11.6 Å². The Labute approximate surface area is 206 Å². The first-order chi connectivity index (χ1) is 16.0. The van der Waals surface area contributed by atoms with Crippen molar-refractivity contribution in [2.75, 3.05) is 0 Å². The highest BCUT2D eigenvalue weighted by atomic mass is 35.5. The zero-order chi connectivity index (χ0) is 25.1. The molecule has 3 rings (SSSR count). The van der Waals surface area contributed by atoms with Crippen molar-refractivity contribution in [3.63, 3.8) is 0 Å². The molecule has 6 nitrogen and oxygen atoms in total. The molecule has 0 bridgehead atoms. The van der Waals surface area contributed by atoms with E-state index in [2.05, 4.69) is 17.1 Å². The molecule has 2 aromatic carbocycles. The Morgan fingerprint density at radius 2 is 1.74 bits per heavy atom. The van der Waals surface area contributed by atoms with Crippen LogP contribution in [0.3, 0.4) is 0 Å². The number of carboxylic acid groups (broad SMARTS) is 1. The van der Waals surface area contributed by atoms with Crippen molar-refractivity contribution in [3.05, 3.63) is 46.5 Å². The van der Waals surface area contributed by atoms with Crippen LogP contribution in [-0.2, 0) is 16.6 Å². The van der Waals surface area contributed by atoms with Gasteiger partial charge in [-0.15, -0.1) is 15.0 Å². The topological polar surface area (TPSA) is 88.2 Å². The molecule has 0 saturated heterocycles. The molecule has 34 heavy (non-hydrogen) atoms. The lowest BCUT2D eigenvalue weighted by atomic mass is 9.74. The summed E-state index contributed by atoms with van der Waals surface area (Å²) in [7, 11) is 0. The maximum Gasteiger partial charge on any atom is 0.309 e. The van der Waals surface area contributed by atoms with Crippen LogP contribution in [0.4, 0.5) is 0 Å². The second kappa shape index (κ2) is 10.3. The Balaban J connectivity index is 2.10. The summed E-state index contributed by atoms with van der Waals surface area (Å²) in [5.74, 6) is -0.668. The molecule has 0 saturated carbocycles. The predicted octanol–water partition coefficient (Wildman–Crippen LogP) is 7.07. The van der Waals surface area contributed by atoms with Crippen molar-refractivity contribution in [2.24, 2.45) is 5.41 Å². The van der Waals surface area contributed by atoms with E-state index in [0.29, 0.717) is 41.0 Å². The highest BCUT2D eigenvalue weighted by Gasteiger charge is 2.37. The van der Waals surface area contributed by atoms with Gasteiger partial charge in [-0.2, -0.15) is 0 Å². The predicted molar refractivity (Wildman–Crippen MR) is 137 cm³/mol. The lowest BCUT2D eigenvalue weighted by Crippen LogP contribution is -2.33. The molecular formula is C27H36ClN3O3. The van der Waals surface area contributed by atoms with Crippen molar-refractivity contribution < 1.29 is 15.0 Å². The average Bonchev–Trinajstić information content (AvgIpc) is 3.18. The van der Waals surface area contributed by atoms with Crippen molar-refractivity contribution in [3.8, 4) is 11.4 Å². The van der Waals surface area contributed by atoms with E-state index in [1.54, 1.807) is 18.2 Å². The van der Waals surface area contributed by atoms with Crippen LogP contribution in [0, 0.1) is 5.41 Å². The molecule has 1 heterocycles. The standard InChI is InChI=1S/C27H36ClN3O3/c1-6-8-9-10-13-27(7-2,25(33)34)17-18-14-20(26(3,4)5)24(32)23(15-18)31-29-21-12-11-19(28)16-22(21)30-31/h11-12,14-16,32H,6-10,13,17H2,1-5H3,(H,33,34). The Morgan fingerprint density at radius 3 is 2.35 bits per heavy atom. The number of fused-ring (bicyclic) bond motifs is 1. The molecule has 3 aromatic rings. The number of hydrogen-bond acceptors (Lipinski definition) is 4. The van der Waals surface area contributed by atoms with Crippen LogP contribution in [0.1, 0.15) is 84.3 Å². The van der Waals surface area contributed by atoms with Crippen molar-refractivity contribution in [1.29, 1.82) is 0 Å². The number of carboxylic acids is 1. The van der Waals surface area contributed by atoms with E-state index in [9.17, 15) is 15.0 Å². The zero-order valence-electron chi connectivity index (χ0n) is 20.9. The van der Waals surface area contributed by atoms with Gasteiger partial charge in [0.15, 0.2) is 0 Å². The van der Waals surface area contributed by atoms with Gasteiger partial charge in [0.1, 0.15) is 22.5 Å². The summed E-state index contributed by atoms with van der Waals surface area (Å²) in [4.78, 5) is 13.9. The van der Waals surface area contributed by atoms with E-state index in [0.717, 1.165) is 36.8 Å². The lowest BCUT2D eigenvalue weighted by molar-refractivity contribution is -0.149. The van der Waals surface area contributed by atoms with E-state index >= 15 is 0 Å². The van der Waals surface area contributed by atoms with E-state index in [1.165, 1.54) is 4.80 Å². The molecule has 0 aliphatic rings. The summed E-state index contributed by atoms with van der Waals surface area (Å²) < 4.78 is 0. The second-order valence-electron chi connectivity index (χ2n) is 10.3. The molecule has 1 unspecified atom stereocenters. The van der Waals surface area contributed by atoms with Crippen LogP contribution in [0.2, 0.25) is 5.02 Å². The Kier molecular flexibility index (Phi) is 7.91. The third kappa shape index (κ3) is 5.54. The second-order valence-corrected chi connectivity index (χ2v) is 10.7. The van der Waals surface area contributed by atoms with Gasteiger partial charge in [-0.3, -0.25) is 4.79 Å². The van der Waals surface area contributed by atoms with Gasteiger partial charge in [0.2, 0.25) is 0 Å². The van der Waals surface area contributed by atoms with Crippen LogP contribution in [-0.4, -0.2) is 31.2 Å². The van der Waals surface area contributed by atoms with Crippen molar-refractivity contribution in [1.82, 2.24) is 15.0 Å². The molecule has 7 heteroatoms. The van der Waals surface area contributed by atoms with Gasteiger partial charge in [0.05, 0.1) is 5.41 Å². The fourth-order valence-electron chi connectivity index (χ4n) is 4.50. The molecule has 0 radical (unpaired) electrons. The van der Waals surface area contributed by atoms with Gasteiger partial charge in [-0.05, 0) is 54.5 Å². The Morgan fingerprint density at radius 1 is 1.03 bits per heavy atom. The summed E-state index contributed by atoms with van der Waals surface area (Å²) in [5, 5.41) is 31.1. The molecule has 184 valence electrons. The number of aliphatic carboxylic acids is 1. The number of hydrogen-bond donors (Lipinski definition) is 2. The van der Waals surface area contributed by atoms with Crippen LogP contribution in [0.25, 0.3) is 16.7 Å². The smallest absolute Gasteiger partial charge is 0.309 e. The van der Waals surface area contributed by atoms with Crippen LogP contribution < -0.4 is 0 Å². The maximum atomic E-state index is 12.5. The highest BCUT2D eigenvalue weighted by Crippen LogP contribution is 2.40. The minimum absolute atomic E-state index is 0.100. The molecule has 2 N–H and O–H groups in total. The molecule has 0 aliphatic carbocycles. The number of nitrogens with zero attached hydrogens (tertiary/aromatic N) is 3. The van der Waals surface area contributed by atoms with Gasteiger partial charge in [0, 0.05) is 10.6 Å². The summed E-state index contributed by atoms with van der Waals surface area (Å²) in [6, 6.07) is 9.04. The van der Waals surface area contributed by atoms with E-state index in [-0.39, 0.29) is 11.2 Å². The Bertz CT molecular complexity index is 1170. The van der Waals surface area contributed by atoms with Crippen molar-refractivity contribution >= 4 is 28.6 Å². The van der Waals surface area contributed by atoms with Crippen LogP contribution >= 0.6 is 11.6 Å². The third-order valence-electron chi connectivity index (χ3n) is 6.70. The van der Waals surface area contributed by atoms with E-state index < -0.39 is 11.4 Å². The van der Waals surface area contributed by atoms with Gasteiger partial charge in [-0.1, -0.05) is 78.0 Å². The number of rotatable bonds is 10. The van der Waals surface area contributed by atoms with Gasteiger partial charge < -0.3 is 10.2 Å². The lowest BCUT2D eigenvalue weighted by Gasteiger charge is -2.30. The Hall–Kier alpha value is -2.60. The molecule has 1 atom stereocenters. The molecule has 0 aliphatic heterocycles. The monoisotopic (exact) mass is 485 g/mol. The fourth-order valence-corrected chi connectivity index (χ4v) is 4.67. The van der Waals surface area contributed by atoms with Gasteiger partial charge in [-0.25, -0.2) is 0 Å². The number of benzene rings is 2. The molecule has 0 amide bonds. The molecular weight excluding hydrogens is 450 g/mol. The summed E-state index contributed by atoms with van der Waals surface area (Å²) in [5.41, 5.74) is 2.11. The quantitative estimate of drug-likeness (QED) is 0.300. The first-order valence-electron chi connectivity index (χ1n) is 12.1. The summed E-state index contributed by atoms with van der Waals surface area (Å²) in [6.45, 7) is 10.2. The minimum Gasteiger partial charge on any atom is -0.505 e. The molecule has 0 fully saturated rings. The maximum absolute atomic E-state index is 12.5. The number of phenolic OH excluding ortho intramolecular Hbond substituents is 1. The highest BCUT2D eigenvalue weighted by molar-refractivity contribution is 6.31. The summed E-state index contributed by atoms with van der Waals surface area (Å²) >= 11 is 6.11. The van der Waals surface area contributed by atoms with Crippen molar-refractivity contribution in [2.45, 2.75) is 85.0 Å². The molecule has 0 spiro atoms. The number of halogens is 1. The van der Waals surface area contributed by atoms with Gasteiger partial charge >= 0.3 is 5.97 Å². The number of aromatic nitrogens is 3. The van der Waals surface area contributed by atoms with Crippen LogP contribution in [0.15, 0.2) is 30.3 Å². The summed E-state index contributed by atoms with van der Waals surface area (Å²) in [6.07, 6.45) is 5.69. The number of aromatic hydroxyl groups is 1. The SMILES string of the molecule is CCCCCCC(CC)(Cc1cc(-n2nc3ccc(Cl)cc3n2)c(O)c(C(C)(C)C)c1)C(=O)O. The molecule has 1 aromatic heterocycles. The average molecular weight is 486 g/mol. The zero-order valence-corrected chi connectivity index (χ0v) is 21.6. The number of phenols is 1. The fraction of sp³-hybridized carbons (Fsp3) is 0.519.